The predicted octanol–water partition coefficient (Wildman–Crippen LogP) is 4.94. The molecule has 1 nitrogen and oxygen atoms in total. The lowest BCUT2D eigenvalue weighted by molar-refractivity contribution is 0.603. The summed E-state index contributed by atoms with van der Waals surface area (Å²) in [5, 5.41) is 1.18. The van der Waals surface area contributed by atoms with Gasteiger partial charge in [-0.05, 0) is 37.1 Å². The Labute approximate surface area is 96.8 Å². The minimum atomic E-state index is 0.955. The van der Waals surface area contributed by atoms with Gasteiger partial charge in [-0.1, -0.05) is 38.0 Å². The molecule has 0 amide bonds. The number of furan rings is 1. The fourth-order valence-corrected chi connectivity index (χ4v) is 1.76. The lowest BCUT2D eigenvalue weighted by Gasteiger charge is -1.89. The third kappa shape index (κ3) is 2.54. The minimum absolute atomic E-state index is 0.955. The van der Waals surface area contributed by atoms with Crippen LogP contribution in [-0.4, -0.2) is 0 Å². The van der Waals surface area contributed by atoms with Crippen molar-refractivity contribution in [2.45, 2.75) is 33.1 Å². The van der Waals surface area contributed by atoms with Crippen molar-refractivity contribution >= 4 is 17.0 Å². The van der Waals surface area contributed by atoms with Gasteiger partial charge >= 0.3 is 0 Å². The van der Waals surface area contributed by atoms with Crippen molar-refractivity contribution < 1.29 is 4.42 Å². The molecule has 0 spiro atoms. The number of aryl methyl sites for hydroxylation is 1. The van der Waals surface area contributed by atoms with Crippen LogP contribution in [0.2, 0.25) is 0 Å². The molecule has 0 atom stereocenters. The normalized spacial score (nSPS) is 11.6. The van der Waals surface area contributed by atoms with E-state index in [4.69, 9.17) is 4.42 Å². The van der Waals surface area contributed by atoms with E-state index in [1.807, 2.05) is 0 Å². The van der Waals surface area contributed by atoms with Crippen molar-refractivity contribution in [3.05, 3.63) is 41.7 Å². The van der Waals surface area contributed by atoms with Crippen LogP contribution in [0.25, 0.3) is 17.0 Å². The molecule has 0 aliphatic rings. The predicted molar refractivity (Wildman–Crippen MR) is 69.5 cm³/mol. The van der Waals surface area contributed by atoms with Gasteiger partial charge in [-0.25, -0.2) is 0 Å². The van der Waals surface area contributed by atoms with Crippen LogP contribution < -0.4 is 0 Å². The van der Waals surface area contributed by atoms with Crippen LogP contribution in [-0.2, 0) is 0 Å². The first-order chi connectivity index (χ1) is 7.79. The molecule has 0 saturated heterocycles. The summed E-state index contributed by atoms with van der Waals surface area (Å²) >= 11 is 0. The van der Waals surface area contributed by atoms with Crippen LogP contribution in [0.1, 0.15) is 37.5 Å². The fraction of sp³-hybridized carbons (Fsp3) is 0.333. The summed E-state index contributed by atoms with van der Waals surface area (Å²) in [7, 11) is 0. The zero-order valence-electron chi connectivity index (χ0n) is 9.99. The molecule has 0 aliphatic carbocycles. The zero-order chi connectivity index (χ0) is 11.4. The van der Waals surface area contributed by atoms with E-state index >= 15 is 0 Å². The molecule has 0 aliphatic heterocycles. The topological polar surface area (TPSA) is 13.1 Å². The molecule has 0 radical (unpaired) electrons. The van der Waals surface area contributed by atoms with Crippen molar-refractivity contribution in [3.63, 3.8) is 0 Å². The monoisotopic (exact) mass is 214 g/mol. The van der Waals surface area contributed by atoms with Crippen molar-refractivity contribution in [2.24, 2.45) is 0 Å². The molecular weight excluding hydrogens is 196 g/mol. The van der Waals surface area contributed by atoms with Crippen molar-refractivity contribution in [1.82, 2.24) is 0 Å². The van der Waals surface area contributed by atoms with E-state index in [0.717, 1.165) is 17.8 Å². The van der Waals surface area contributed by atoms with Gasteiger partial charge in [0.15, 0.2) is 0 Å². The second kappa shape index (κ2) is 5.02. The van der Waals surface area contributed by atoms with E-state index in [0.29, 0.717) is 0 Å². The molecule has 1 heterocycles. The van der Waals surface area contributed by atoms with E-state index in [1.54, 1.807) is 0 Å². The summed E-state index contributed by atoms with van der Waals surface area (Å²) in [6.07, 6.45) is 7.88. The maximum Gasteiger partial charge on any atom is 0.135 e. The Morgan fingerprint density at radius 2 is 2.12 bits per heavy atom. The highest BCUT2D eigenvalue weighted by Gasteiger charge is 2.00. The first-order valence-electron chi connectivity index (χ1n) is 5.96. The van der Waals surface area contributed by atoms with Crippen molar-refractivity contribution in [2.75, 3.05) is 0 Å². The van der Waals surface area contributed by atoms with Crippen molar-refractivity contribution in [1.29, 1.82) is 0 Å². The van der Waals surface area contributed by atoms with E-state index < -0.39 is 0 Å². The smallest absolute Gasteiger partial charge is 0.135 e. The first-order valence-corrected chi connectivity index (χ1v) is 5.96. The van der Waals surface area contributed by atoms with Gasteiger partial charge in [-0.2, -0.15) is 0 Å². The van der Waals surface area contributed by atoms with Gasteiger partial charge in [-0.15, -0.1) is 0 Å². The van der Waals surface area contributed by atoms with Crippen LogP contribution in [0.15, 0.2) is 34.8 Å². The Morgan fingerprint density at radius 3 is 2.94 bits per heavy atom. The summed E-state index contributed by atoms with van der Waals surface area (Å²) in [4.78, 5) is 0. The lowest BCUT2D eigenvalue weighted by atomic mass is 10.2. The van der Waals surface area contributed by atoms with Crippen molar-refractivity contribution in [3.8, 4) is 0 Å². The number of rotatable bonds is 4. The Balaban J connectivity index is 2.16. The Kier molecular flexibility index (Phi) is 3.45. The molecule has 2 rings (SSSR count). The maximum atomic E-state index is 5.74. The van der Waals surface area contributed by atoms with E-state index in [9.17, 15) is 0 Å². The molecule has 1 heteroatoms. The number of hydrogen-bond acceptors (Lipinski definition) is 1. The summed E-state index contributed by atoms with van der Waals surface area (Å²) in [6.45, 7) is 4.29. The highest BCUT2D eigenvalue weighted by molar-refractivity contribution is 5.80. The second-order valence-electron chi connectivity index (χ2n) is 4.23. The SMILES string of the molecule is CCCC/C=C/c1cc2ccc(C)cc2o1. The average Bonchev–Trinajstić information content (AvgIpc) is 2.66. The van der Waals surface area contributed by atoms with Crippen LogP contribution in [0, 0.1) is 6.92 Å². The molecule has 0 unspecified atom stereocenters. The maximum absolute atomic E-state index is 5.74. The number of allylic oxidation sites excluding steroid dienone is 1. The van der Waals surface area contributed by atoms with Gasteiger partial charge in [-0.3, -0.25) is 0 Å². The van der Waals surface area contributed by atoms with Gasteiger partial charge in [0, 0.05) is 5.39 Å². The van der Waals surface area contributed by atoms with Gasteiger partial charge in [0.05, 0.1) is 0 Å². The van der Waals surface area contributed by atoms with Gasteiger partial charge in [0.1, 0.15) is 11.3 Å². The third-order valence-electron chi connectivity index (χ3n) is 2.70. The third-order valence-corrected chi connectivity index (χ3v) is 2.70. The molecule has 0 bridgehead atoms. The lowest BCUT2D eigenvalue weighted by Crippen LogP contribution is -1.67. The molecule has 1 aromatic carbocycles. The molecule has 2 aromatic rings. The molecule has 0 saturated carbocycles. The zero-order valence-corrected chi connectivity index (χ0v) is 9.99. The number of fused-ring (bicyclic) bond motifs is 1. The Hall–Kier alpha value is -1.50. The summed E-state index contributed by atoms with van der Waals surface area (Å²) in [6, 6.07) is 8.40. The average molecular weight is 214 g/mol. The molecule has 84 valence electrons. The Morgan fingerprint density at radius 1 is 1.25 bits per heavy atom. The van der Waals surface area contributed by atoms with Gasteiger partial charge in [0.25, 0.3) is 0 Å². The van der Waals surface area contributed by atoms with Gasteiger partial charge in [0.2, 0.25) is 0 Å². The highest BCUT2D eigenvalue weighted by atomic mass is 16.3. The molecule has 1 aromatic heterocycles. The van der Waals surface area contributed by atoms with Crippen LogP contribution >= 0.6 is 0 Å². The van der Waals surface area contributed by atoms with E-state index in [1.165, 1.54) is 23.8 Å². The largest absolute Gasteiger partial charge is 0.457 e. The Bertz CT molecular complexity index is 491. The van der Waals surface area contributed by atoms with Crippen LogP contribution in [0.3, 0.4) is 0 Å². The molecule has 0 N–H and O–H groups in total. The second-order valence-corrected chi connectivity index (χ2v) is 4.23. The standard InChI is InChI=1S/C15H18O/c1-3-4-5-6-7-14-11-13-9-8-12(2)10-15(13)16-14/h6-11H,3-5H2,1-2H3/b7-6+. The number of unbranched alkanes of at least 4 members (excludes halogenated alkanes) is 2. The number of hydrogen-bond donors (Lipinski definition) is 0. The highest BCUT2D eigenvalue weighted by Crippen LogP contribution is 2.21. The first kappa shape index (κ1) is 11.0. The van der Waals surface area contributed by atoms with Crippen LogP contribution in [0.4, 0.5) is 0 Å². The quantitative estimate of drug-likeness (QED) is 0.657. The number of benzene rings is 1. The summed E-state index contributed by atoms with van der Waals surface area (Å²) in [5.41, 5.74) is 2.22. The molecule has 0 fully saturated rings. The van der Waals surface area contributed by atoms with Crippen LogP contribution in [0.5, 0.6) is 0 Å². The minimum Gasteiger partial charge on any atom is -0.457 e. The van der Waals surface area contributed by atoms with Gasteiger partial charge < -0.3 is 4.42 Å². The molecule has 16 heavy (non-hydrogen) atoms. The summed E-state index contributed by atoms with van der Waals surface area (Å²) < 4.78 is 5.74. The summed E-state index contributed by atoms with van der Waals surface area (Å²) in [5.74, 6) is 0.955. The molecular formula is C15H18O. The fourth-order valence-electron chi connectivity index (χ4n) is 1.76. The van der Waals surface area contributed by atoms with E-state index in [2.05, 4.69) is 50.3 Å². The van der Waals surface area contributed by atoms with E-state index in [-0.39, 0.29) is 0 Å².